The first-order valence-corrected chi connectivity index (χ1v) is 5.12. The van der Waals surface area contributed by atoms with Crippen molar-refractivity contribution >= 4 is 17.6 Å². The summed E-state index contributed by atoms with van der Waals surface area (Å²) in [6.45, 7) is 1.90. The highest BCUT2D eigenvalue weighted by Gasteiger charge is 2.05. The van der Waals surface area contributed by atoms with Gasteiger partial charge in [-0.05, 0) is 13.0 Å². The van der Waals surface area contributed by atoms with Gasteiger partial charge in [-0.2, -0.15) is 0 Å². The molecular formula is C9H10N4OS. The van der Waals surface area contributed by atoms with Gasteiger partial charge in [-0.25, -0.2) is 10.8 Å². The van der Waals surface area contributed by atoms with E-state index >= 15 is 0 Å². The van der Waals surface area contributed by atoms with Crippen molar-refractivity contribution in [3.05, 3.63) is 30.5 Å². The van der Waals surface area contributed by atoms with Gasteiger partial charge < -0.3 is 9.84 Å². The first-order chi connectivity index (χ1) is 7.29. The maximum Gasteiger partial charge on any atom is 0.159 e. The highest BCUT2D eigenvalue weighted by Crippen LogP contribution is 2.29. The number of nitrogen functional groups attached to an aromatic ring is 1. The summed E-state index contributed by atoms with van der Waals surface area (Å²) < 4.78 is 5.18. The molecule has 0 aliphatic carbocycles. The minimum Gasteiger partial charge on any atom is -0.468 e. The Labute approximate surface area is 91.1 Å². The van der Waals surface area contributed by atoms with Crippen LogP contribution in [0.3, 0.4) is 0 Å². The van der Waals surface area contributed by atoms with E-state index in [-0.39, 0.29) is 0 Å². The van der Waals surface area contributed by atoms with E-state index < -0.39 is 0 Å². The quantitative estimate of drug-likeness (QED) is 0.609. The molecule has 0 saturated carbocycles. The largest absolute Gasteiger partial charge is 0.468 e. The van der Waals surface area contributed by atoms with E-state index in [9.17, 15) is 0 Å². The molecule has 0 saturated heterocycles. The van der Waals surface area contributed by atoms with Gasteiger partial charge in [0.25, 0.3) is 0 Å². The van der Waals surface area contributed by atoms with Gasteiger partial charge in [-0.3, -0.25) is 4.98 Å². The molecule has 0 aliphatic rings. The van der Waals surface area contributed by atoms with Gasteiger partial charge in [-0.15, -0.1) is 0 Å². The molecule has 2 heterocycles. The predicted molar refractivity (Wildman–Crippen MR) is 57.4 cm³/mol. The summed E-state index contributed by atoms with van der Waals surface area (Å²) >= 11 is 1.49. The summed E-state index contributed by atoms with van der Waals surface area (Å²) in [6.07, 6.45) is 4.89. The maximum atomic E-state index is 5.24. The Kier molecular flexibility index (Phi) is 2.89. The third-order valence-corrected chi connectivity index (χ3v) is 2.84. The van der Waals surface area contributed by atoms with E-state index in [1.165, 1.54) is 11.8 Å². The van der Waals surface area contributed by atoms with Crippen molar-refractivity contribution in [2.45, 2.75) is 16.8 Å². The van der Waals surface area contributed by atoms with Crippen LogP contribution in [0, 0.1) is 6.92 Å². The van der Waals surface area contributed by atoms with E-state index in [0.717, 1.165) is 15.7 Å². The Hall–Kier alpha value is -1.53. The van der Waals surface area contributed by atoms with Crippen molar-refractivity contribution < 1.29 is 4.42 Å². The van der Waals surface area contributed by atoms with E-state index in [1.807, 2.05) is 13.0 Å². The molecule has 2 aromatic heterocycles. The van der Waals surface area contributed by atoms with Crippen LogP contribution >= 0.6 is 11.8 Å². The van der Waals surface area contributed by atoms with Crippen LogP contribution in [0.25, 0.3) is 0 Å². The van der Waals surface area contributed by atoms with Crippen LogP contribution in [-0.2, 0) is 0 Å². The van der Waals surface area contributed by atoms with Crippen molar-refractivity contribution in [2.75, 3.05) is 5.43 Å². The van der Waals surface area contributed by atoms with E-state index in [0.29, 0.717) is 5.82 Å². The lowest BCUT2D eigenvalue weighted by Gasteiger charge is -2.01. The summed E-state index contributed by atoms with van der Waals surface area (Å²) in [6, 6.07) is 1.89. The monoisotopic (exact) mass is 222 g/mol. The van der Waals surface area contributed by atoms with Gasteiger partial charge in [0, 0.05) is 0 Å². The Morgan fingerprint density at radius 3 is 3.00 bits per heavy atom. The lowest BCUT2D eigenvalue weighted by atomic mass is 10.5. The lowest BCUT2D eigenvalue weighted by molar-refractivity contribution is 0.527. The first-order valence-electron chi connectivity index (χ1n) is 4.30. The van der Waals surface area contributed by atoms with Crippen molar-refractivity contribution in [2.24, 2.45) is 5.84 Å². The molecule has 0 unspecified atom stereocenters. The number of aromatic nitrogens is 2. The summed E-state index contributed by atoms with van der Waals surface area (Å²) in [4.78, 5) is 9.27. The Balaban J connectivity index is 2.21. The average Bonchev–Trinajstić information content (AvgIpc) is 2.65. The molecule has 6 heteroatoms. The topological polar surface area (TPSA) is 77.0 Å². The van der Waals surface area contributed by atoms with Gasteiger partial charge in [-0.1, -0.05) is 11.8 Å². The molecule has 0 atom stereocenters. The van der Waals surface area contributed by atoms with Crippen LogP contribution in [0.15, 0.2) is 39.1 Å². The Morgan fingerprint density at radius 1 is 1.47 bits per heavy atom. The van der Waals surface area contributed by atoms with Crippen molar-refractivity contribution in [3.8, 4) is 0 Å². The summed E-state index contributed by atoms with van der Waals surface area (Å²) in [5, 5.41) is 0.773. The third kappa shape index (κ3) is 2.28. The molecule has 0 radical (unpaired) electrons. The van der Waals surface area contributed by atoms with E-state index in [1.54, 1.807) is 18.7 Å². The van der Waals surface area contributed by atoms with Crippen LogP contribution in [-0.4, -0.2) is 9.97 Å². The average molecular weight is 222 g/mol. The number of nitrogens with one attached hydrogen (secondary N) is 1. The van der Waals surface area contributed by atoms with Gasteiger partial charge in [0.05, 0.1) is 23.6 Å². The predicted octanol–water partition coefficient (Wildman–Crippen LogP) is 1.81. The van der Waals surface area contributed by atoms with Gasteiger partial charge in [0.15, 0.2) is 5.82 Å². The number of hydrogen-bond donors (Lipinski definition) is 2. The molecule has 0 spiro atoms. The maximum absolute atomic E-state index is 5.24. The number of hydrazine groups is 1. The zero-order chi connectivity index (χ0) is 10.7. The molecule has 0 amide bonds. The normalized spacial score (nSPS) is 10.3. The van der Waals surface area contributed by atoms with Crippen LogP contribution in [0.5, 0.6) is 0 Å². The second-order valence-corrected chi connectivity index (χ2v) is 3.89. The Morgan fingerprint density at radius 2 is 2.33 bits per heavy atom. The highest BCUT2D eigenvalue weighted by atomic mass is 32.2. The van der Waals surface area contributed by atoms with Crippen LogP contribution in [0.1, 0.15) is 5.76 Å². The van der Waals surface area contributed by atoms with Crippen LogP contribution in [0.4, 0.5) is 5.82 Å². The fraction of sp³-hybridized carbons (Fsp3) is 0.111. The number of rotatable bonds is 3. The molecule has 2 aromatic rings. The zero-order valence-electron chi connectivity index (χ0n) is 8.10. The van der Waals surface area contributed by atoms with Gasteiger partial charge in [0.2, 0.25) is 0 Å². The van der Waals surface area contributed by atoms with Gasteiger partial charge in [0.1, 0.15) is 10.8 Å². The molecule has 3 N–H and O–H groups in total. The van der Waals surface area contributed by atoms with Crippen molar-refractivity contribution in [3.63, 3.8) is 0 Å². The molecule has 0 bridgehead atoms. The third-order valence-electron chi connectivity index (χ3n) is 1.79. The summed E-state index contributed by atoms with van der Waals surface area (Å²) in [7, 11) is 0. The molecule has 2 rings (SSSR count). The number of nitrogens with two attached hydrogens (primary N) is 1. The fourth-order valence-corrected chi connectivity index (χ4v) is 1.86. The number of nitrogens with zero attached hydrogens (tertiary/aromatic N) is 2. The van der Waals surface area contributed by atoms with E-state index in [2.05, 4.69) is 15.4 Å². The van der Waals surface area contributed by atoms with E-state index in [4.69, 9.17) is 10.3 Å². The fourth-order valence-electron chi connectivity index (χ4n) is 1.06. The van der Waals surface area contributed by atoms with Crippen molar-refractivity contribution in [1.82, 2.24) is 9.97 Å². The Bertz CT molecular complexity index is 457. The molecular weight excluding hydrogens is 212 g/mol. The molecule has 5 nitrogen and oxygen atoms in total. The minimum atomic E-state index is 0.543. The summed E-state index contributed by atoms with van der Waals surface area (Å²) in [5.74, 6) is 6.65. The first kappa shape index (κ1) is 10.0. The van der Waals surface area contributed by atoms with Crippen molar-refractivity contribution in [1.29, 1.82) is 0 Å². The SMILES string of the molecule is Cc1occc1Sc1cncc(NN)n1. The standard InChI is InChI=1S/C9H10N4OS/c1-6-7(2-3-14-6)15-9-5-11-4-8(12-9)13-10/h2-5H,10H2,1H3,(H,12,13). The minimum absolute atomic E-state index is 0.543. The second kappa shape index (κ2) is 4.33. The number of furan rings is 1. The summed E-state index contributed by atoms with van der Waals surface area (Å²) in [5.41, 5.74) is 2.45. The molecule has 0 fully saturated rings. The number of hydrogen-bond acceptors (Lipinski definition) is 6. The zero-order valence-corrected chi connectivity index (χ0v) is 8.91. The second-order valence-electron chi connectivity index (χ2n) is 2.83. The smallest absolute Gasteiger partial charge is 0.159 e. The molecule has 0 aliphatic heterocycles. The number of anilines is 1. The highest BCUT2D eigenvalue weighted by molar-refractivity contribution is 7.99. The lowest BCUT2D eigenvalue weighted by Crippen LogP contribution is -2.08. The van der Waals surface area contributed by atoms with Gasteiger partial charge >= 0.3 is 0 Å². The van der Waals surface area contributed by atoms with Crippen LogP contribution in [0.2, 0.25) is 0 Å². The molecule has 0 aromatic carbocycles. The molecule has 15 heavy (non-hydrogen) atoms. The van der Waals surface area contributed by atoms with Crippen LogP contribution < -0.4 is 11.3 Å². The molecule has 78 valence electrons. The number of aryl methyl sites for hydroxylation is 1.